The smallest absolute Gasteiger partial charge is 0.153 e. The minimum atomic E-state index is -0.199. The number of nitrogens with two attached hydrogens (primary N) is 1. The molecule has 0 spiro atoms. The fraction of sp³-hybridized carbons (Fsp3) is 0.286. The van der Waals surface area contributed by atoms with Crippen molar-refractivity contribution in [2.45, 2.75) is 0 Å². The van der Waals surface area contributed by atoms with E-state index < -0.39 is 0 Å². The number of para-hydroxylation sites is 1. The Morgan fingerprint density at radius 1 is 1.05 bits per heavy atom. The molecule has 0 amide bonds. The van der Waals surface area contributed by atoms with Crippen LogP contribution in [0, 0.1) is 5.82 Å². The molecule has 1 aromatic carbocycles. The molecule has 21 heavy (non-hydrogen) atoms. The summed E-state index contributed by atoms with van der Waals surface area (Å²) in [4.78, 5) is 12.1. The summed E-state index contributed by atoms with van der Waals surface area (Å²) in [7, 11) is 0. The van der Waals surface area contributed by atoms with Crippen LogP contribution in [0.5, 0.6) is 0 Å². The second-order valence-electron chi connectivity index (χ2n) is 4.82. The summed E-state index contributed by atoms with van der Waals surface area (Å²) in [6.07, 6.45) is 1.40. The third-order valence-electron chi connectivity index (χ3n) is 3.57. The maximum Gasteiger partial charge on any atom is 0.153 e. The van der Waals surface area contributed by atoms with Gasteiger partial charge in [0.05, 0.1) is 5.69 Å². The molecule has 0 unspecified atom stereocenters. The molecule has 0 aliphatic carbocycles. The third kappa shape index (κ3) is 2.71. The first kappa shape index (κ1) is 13.9. The molecule has 1 saturated heterocycles. The van der Waals surface area contributed by atoms with E-state index in [9.17, 15) is 4.39 Å². The molecule has 2 N–H and O–H groups in total. The van der Waals surface area contributed by atoms with Crippen LogP contribution in [0.1, 0.15) is 0 Å². The van der Waals surface area contributed by atoms with Crippen LogP contribution in [0.3, 0.4) is 0 Å². The highest BCUT2D eigenvalue weighted by atomic mass is 35.5. The van der Waals surface area contributed by atoms with Crippen LogP contribution in [-0.4, -0.2) is 36.1 Å². The van der Waals surface area contributed by atoms with Crippen LogP contribution < -0.4 is 15.5 Å². The predicted molar refractivity (Wildman–Crippen MR) is 82.3 cm³/mol. The van der Waals surface area contributed by atoms with Crippen molar-refractivity contribution in [3.63, 3.8) is 0 Å². The zero-order chi connectivity index (χ0) is 14.8. The van der Waals surface area contributed by atoms with E-state index in [-0.39, 0.29) is 11.6 Å². The average molecular weight is 308 g/mol. The van der Waals surface area contributed by atoms with Gasteiger partial charge in [-0.15, -0.1) is 0 Å². The zero-order valence-electron chi connectivity index (χ0n) is 11.3. The Bertz CT molecular complexity index is 643. The summed E-state index contributed by atoms with van der Waals surface area (Å²) in [5.74, 6) is 0.714. The van der Waals surface area contributed by atoms with E-state index in [4.69, 9.17) is 17.3 Å². The molecular weight excluding hydrogens is 293 g/mol. The number of piperazine rings is 1. The third-order valence-corrected chi connectivity index (χ3v) is 3.93. The molecule has 110 valence electrons. The van der Waals surface area contributed by atoms with Gasteiger partial charge >= 0.3 is 0 Å². The number of rotatable bonds is 2. The first-order chi connectivity index (χ1) is 10.2. The van der Waals surface area contributed by atoms with E-state index >= 15 is 0 Å². The standard InChI is InChI=1S/C14H15ClFN5/c15-12-13(17)18-9-19-14(12)21-7-5-20(6-8-21)11-4-2-1-3-10(11)16/h1-4,9H,5-8H2,(H2,17,18,19). The van der Waals surface area contributed by atoms with Gasteiger partial charge in [0.2, 0.25) is 0 Å². The number of anilines is 3. The van der Waals surface area contributed by atoms with E-state index in [1.165, 1.54) is 12.4 Å². The first-order valence-corrected chi connectivity index (χ1v) is 7.05. The lowest BCUT2D eigenvalue weighted by atomic mass is 10.2. The van der Waals surface area contributed by atoms with Crippen LogP contribution in [0.25, 0.3) is 0 Å². The highest BCUT2D eigenvalue weighted by molar-refractivity contribution is 6.35. The summed E-state index contributed by atoms with van der Waals surface area (Å²) in [6.45, 7) is 2.79. The molecule has 2 aromatic rings. The quantitative estimate of drug-likeness (QED) is 0.921. The highest BCUT2D eigenvalue weighted by Crippen LogP contribution is 2.28. The van der Waals surface area contributed by atoms with Gasteiger partial charge in [-0.2, -0.15) is 0 Å². The molecule has 1 fully saturated rings. The maximum atomic E-state index is 13.8. The lowest BCUT2D eigenvalue weighted by Gasteiger charge is -2.37. The summed E-state index contributed by atoms with van der Waals surface area (Å²) < 4.78 is 13.8. The largest absolute Gasteiger partial charge is 0.382 e. The van der Waals surface area contributed by atoms with Gasteiger partial charge in [-0.25, -0.2) is 14.4 Å². The number of benzene rings is 1. The summed E-state index contributed by atoms with van der Waals surface area (Å²) >= 11 is 6.14. The topological polar surface area (TPSA) is 58.3 Å². The monoisotopic (exact) mass is 307 g/mol. The first-order valence-electron chi connectivity index (χ1n) is 6.67. The van der Waals surface area contributed by atoms with Gasteiger partial charge in [-0.05, 0) is 12.1 Å². The van der Waals surface area contributed by atoms with E-state index in [1.807, 2.05) is 15.9 Å². The fourth-order valence-corrected chi connectivity index (χ4v) is 2.68. The summed E-state index contributed by atoms with van der Waals surface area (Å²) in [6, 6.07) is 6.80. The number of halogens is 2. The molecule has 3 rings (SSSR count). The van der Waals surface area contributed by atoms with Crippen molar-refractivity contribution in [3.05, 3.63) is 41.4 Å². The number of nitrogens with zero attached hydrogens (tertiary/aromatic N) is 4. The van der Waals surface area contributed by atoms with Crippen LogP contribution in [0.4, 0.5) is 21.7 Å². The molecule has 0 atom stereocenters. The van der Waals surface area contributed by atoms with Gasteiger partial charge < -0.3 is 15.5 Å². The number of nitrogen functional groups attached to an aromatic ring is 1. The Morgan fingerprint density at radius 3 is 2.43 bits per heavy atom. The predicted octanol–water partition coefficient (Wildman–Crippen LogP) is 2.18. The van der Waals surface area contributed by atoms with Crippen molar-refractivity contribution in [1.82, 2.24) is 9.97 Å². The molecule has 1 aliphatic rings. The molecule has 1 aromatic heterocycles. The molecule has 0 bridgehead atoms. The van der Waals surface area contributed by atoms with Crippen LogP contribution in [0.15, 0.2) is 30.6 Å². The van der Waals surface area contributed by atoms with Crippen LogP contribution >= 0.6 is 11.6 Å². The van der Waals surface area contributed by atoms with Crippen LogP contribution in [0.2, 0.25) is 5.02 Å². The number of hydrogen-bond donors (Lipinski definition) is 1. The Labute approximate surface area is 127 Å². The summed E-state index contributed by atoms with van der Waals surface area (Å²) in [5, 5.41) is 0.372. The van der Waals surface area contributed by atoms with Crippen LogP contribution in [-0.2, 0) is 0 Å². The van der Waals surface area contributed by atoms with Crippen molar-refractivity contribution in [2.24, 2.45) is 0 Å². The van der Waals surface area contributed by atoms with Gasteiger partial charge in [0.1, 0.15) is 23.0 Å². The molecule has 5 nitrogen and oxygen atoms in total. The second kappa shape index (κ2) is 5.73. The van der Waals surface area contributed by atoms with Gasteiger partial charge in [-0.3, -0.25) is 0 Å². The van der Waals surface area contributed by atoms with E-state index in [1.54, 1.807) is 12.1 Å². The number of hydrogen-bond acceptors (Lipinski definition) is 5. The molecule has 1 aliphatic heterocycles. The Kier molecular flexibility index (Phi) is 3.79. The molecule has 0 saturated carbocycles. The fourth-order valence-electron chi connectivity index (χ4n) is 2.46. The maximum absolute atomic E-state index is 13.8. The van der Waals surface area contributed by atoms with Crippen molar-refractivity contribution in [3.8, 4) is 0 Å². The normalized spacial score (nSPS) is 15.3. The Morgan fingerprint density at radius 2 is 1.71 bits per heavy atom. The summed E-state index contributed by atoms with van der Waals surface area (Å²) in [5.41, 5.74) is 6.33. The van der Waals surface area contributed by atoms with Crippen molar-refractivity contribution in [1.29, 1.82) is 0 Å². The van der Waals surface area contributed by atoms with E-state index in [0.29, 0.717) is 42.7 Å². The zero-order valence-corrected chi connectivity index (χ0v) is 12.1. The lowest BCUT2D eigenvalue weighted by molar-refractivity contribution is 0.596. The van der Waals surface area contributed by atoms with Gasteiger partial charge in [0, 0.05) is 26.2 Å². The Balaban J connectivity index is 1.74. The second-order valence-corrected chi connectivity index (χ2v) is 5.20. The average Bonchev–Trinajstić information content (AvgIpc) is 2.51. The van der Waals surface area contributed by atoms with Crippen molar-refractivity contribution in [2.75, 3.05) is 41.7 Å². The number of aromatic nitrogens is 2. The van der Waals surface area contributed by atoms with E-state index in [2.05, 4.69) is 9.97 Å². The SMILES string of the molecule is Nc1ncnc(N2CCN(c3ccccc3F)CC2)c1Cl. The highest BCUT2D eigenvalue weighted by Gasteiger charge is 2.22. The minimum absolute atomic E-state index is 0.199. The van der Waals surface area contributed by atoms with Crippen molar-refractivity contribution >= 4 is 28.9 Å². The minimum Gasteiger partial charge on any atom is -0.382 e. The molecule has 2 heterocycles. The molecule has 0 radical (unpaired) electrons. The van der Waals surface area contributed by atoms with Gasteiger partial charge in [0.15, 0.2) is 5.82 Å². The molecular formula is C14H15ClFN5. The van der Waals surface area contributed by atoms with E-state index in [0.717, 1.165) is 0 Å². The van der Waals surface area contributed by atoms with Gasteiger partial charge in [-0.1, -0.05) is 23.7 Å². The lowest BCUT2D eigenvalue weighted by Crippen LogP contribution is -2.47. The van der Waals surface area contributed by atoms with Gasteiger partial charge in [0.25, 0.3) is 0 Å². The van der Waals surface area contributed by atoms with Crippen molar-refractivity contribution < 1.29 is 4.39 Å². The molecule has 7 heteroatoms. The Hall–Kier alpha value is -2.08.